The molecule has 5 heteroatoms. The maximum absolute atomic E-state index is 14.0. The van der Waals surface area contributed by atoms with Crippen molar-refractivity contribution in [1.82, 2.24) is 0 Å². The summed E-state index contributed by atoms with van der Waals surface area (Å²) >= 11 is 0. The number of ether oxygens (including phenoxy) is 2. The summed E-state index contributed by atoms with van der Waals surface area (Å²) in [6.07, 6.45) is 7.28. The molecule has 0 saturated carbocycles. The normalized spacial score (nSPS) is 13.1. The number of hydrogen-bond acceptors (Lipinski definition) is 5. The van der Waals surface area contributed by atoms with Crippen LogP contribution in [0.15, 0.2) is 71.8 Å². The van der Waals surface area contributed by atoms with E-state index in [1.807, 2.05) is 62.4 Å². The quantitative estimate of drug-likeness (QED) is 0.0959. The van der Waals surface area contributed by atoms with Gasteiger partial charge in [-0.25, -0.2) is 4.79 Å². The zero-order valence-electron chi connectivity index (χ0n) is 30.8. The largest absolute Gasteiger partial charge is 0.519 e. The highest BCUT2D eigenvalue weighted by Gasteiger charge is 2.33. The van der Waals surface area contributed by atoms with Gasteiger partial charge in [0, 0.05) is 43.7 Å². The third-order valence-corrected chi connectivity index (χ3v) is 9.40. The Labute approximate surface area is 287 Å². The molecule has 0 aromatic heterocycles. The van der Waals surface area contributed by atoms with Gasteiger partial charge in [-0.1, -0.05) is 127 Å². The third-order valence-electron chi connectivity index (χ3n) is 9.40. The summed E-state index contributed by atoms with van der Waals surface area (Å²) in [5.74, 6) is 1.59. The van der Waals surface area contributed by atoms with Crippen molar-refractivity contribution in [1.29, 1.82) is 0 Å². The van der Waals surface area contributed by atoms with E-state index in [4.69, 9.17) is 9.47 Å². The average Bonchev–Trinajstić information content (AvgIpc) is 3.00. The van der Waals surface area contributed by atoms with Crippen LogP contribution in [0, 0.1) is 19.8 Å². The highest BCUT2D eigenvalue weighted by Crippen LogP contribution is 2.48. The number of fused-ring (bicyclic) bond motifs is 2. The van der Waals surface area contributed by atoms with E-state index in [-0.39, 0.29) is 11.5 Å². The fourth-order valence-corrected chi connectivity index (χ4v) is 7.48. The molecule has 48 heavy (non-hydrogen) atoms. The SMILES string of the molecule is CCC/C(C)=C/CC(C)(C)c1c(C)c(O)c2ccccc2c1OC(=O)Oc1c(C)c(C(C)(C)/C=C(\C)CC(C)C)c(O)c2ccccc12. The summed E-state index contributed by atoms with van der Waals surface area (Å²) in [4.78, 5) is 14.0. The second-order valence-electron chi connectivity index (χ2n) is 15.1. The van der Waals surface area contributed by atoms with E-state index < -0.39 is 17.0 Å². The van der Waals surface area contributed by atoms with Crippen LogP contribution in [0.3, 0.4) is 0 Å². The molecule has 0 radical (unpaired) electrons. The Morgan fingerprint density at radius 3 is 1.85 bits per heavy atom. The van der Waals surface area contributed by atoms with Gasteiger partial charge in [-0.3, -0.25) is 0 Å². The fourth-order valence-electron chi connectivity index (χ4n) is 7.48. The number of rotatable bonds is 11. The van der Waals surface area contributed by atoms with Crippen LogP contribution >= 0.6 is 0 Å². The van der Waals surface area contributed by atoms with Gasteiger partial charge in [0.2, 0.25) is 0 Å². The first-order valence-corrected chi connectivity index (χ1v) is 17.2. The van der Waals surface area contributed by atoms with Crippen LogP contribution in [-0.4, -0.2) is 16.4 Å². The number of aromatic hydroxyl groups is 2. The molecular weight excluding hydrogens is 596 g/mol. The Morgan fingerprint density at radius 1 is 0.771 bits per heavy atom. The van der Waals surface area contributed by atoms with Crippen molar-refractivity contribution in [2.45, 2.75) is 113 Å². The molecule has 0 aliphatic rings. The van der Waals surface area contributed by atoms with E-state index in [1.165, 1.54) is 11.1 Å². The Morgan fingerprint density at radius 2 is 1.29 bits per heavy atom. The van der Waals surface area contributed by atoms with E-state index in [9.17, 15) is 15.0 Å². The highest BCUT2D eigenvalue weighted by atomic mass is 16.7. The first kappa shape index (κ1) is 36.6. The lowest BCUT2D eigenvalue weighted by atomic mass is 9.76. The standard InChI is InChI=1S/C43H54O5/c1-12-17-27(4)22-23-42(8,9)36-29(6)37(44)31-18-13-16-21-34(31)40(36)48-41(46)47-39-30(7)35(38(45)32-19-14-15-20-33(32)39)43(10,11)25-28(5)24-26(2)3/h13-16,18-22,25-26,44-45H,12,17,23-24H2,1-11H3/b27-22+,28-25+. The first-order valence-electron chi connectivity index (χ1n) is 17.2. The van der Waals surface area contributed by atoms with Crippen LogP contribution < -0.4 is 9.47 Å². The summed E-state index contributed by atoms with van der Waals surface area (Å²) < 4.78 is 12.4. The zero-order chi connectivity index (χ0) is 35.6. The van der Waals surface area contributed by atoms with Gasteiger partial charge < -0.3 is 19.7 Å². The van der Waals surface area contributed by atoms with E-state index >= 15 is 0 Å². The minimum atomic E-state index is -0.880. The molecular formula is C43H54O5. The Kier molecular flexibility index (Phi) is 11.0. The minimum absolute atomic E-state index is 0.178. The molecule has 0 amide bonds. The van der Waals surface area contributed by atoms with Crippen molar-refractivity contribution in [3.8, 4) is 23.0 Å². The van der Waals surface area contributed by atoms with Crippen molar-refractivity contribution < 1.29 is 24.5 Å². The summed E-state index contributed by atoms with van der Waals surface area (Å²) in [6, 6.07) is 14.9. The Bertz CT molecular complexity index is 1890. The molecule has 4 aromatic rings. The highest BCUT2D eigenvalue weighted by molar-refractivity contribution is 5.99. The van der Waals surface area contributed by atoms with E-state index in [0.717, 1.165) is 24.8 Å². The third kappa shape index (κ3) is 7.56. The van der Waals surface area contributed by atoms with Gasteiger partial charge in [0.25, 0.3) is 0 Å². The Hall–Kier alpha value is -4.25. The van der Waals surface area contributed by atoms with Gasteiger partial charge >= 0.3 is 6.16 Å². The first-order chi connectivity index (χ1) is 22.5. The summed E-state index contributed by atoms with van der Waals surface area (Å²) in [5, 5.41) is 25.5. The van der Waals surface area contributed by atoms with Crippen LogP contribution in [0.5, 0.6) is 23.0 Å². The molecule has 0 saturated heterocycles. The van der Waals surface area contributed by atoms with Crippen LogP contribution in [0.1, 0.15) is 110 Å². The van der Waals surface area contributed by atoms with Crippen molar-refractivity contribution in [3.63, 3.8) is 0 Å². The summed E-state index contributed by atoms with van der Waals surface area (Å²) in [5.41, 5.74) is 4.31. The van der Waals surface area contributed by atoms with E-state index in [2.05, 4.69) is 74.5 Å². The van der Waals surface area contributed by atoms with Gasteiger partial charge in [0.15, 0.2) is 0 Å². The molecule has 0 bridgehead atoms. The molecule has 0 aliphatic heterocycles. The van der Waals surface area contributed by atoms with Crippen molar-refractivity contribution in [2.24, 2.45) is 5.92 Å². The number of carbonyl (C=O) groups excluding carboxylic acids is 1. The lowest BCUT2D eigenvalue weighted by Crippen LogP contribution is -2.23. The van der Waals surface area contributed by atoms with Gasteiger partial charge in [0.05, 0.1) is 0 Å². The predicted molar refractivity (Wildman–Crippen MR) is 200 cm³/mol. The van der Waals surface area contributed by atoms with Crippen molar-refractivity contribution >= 4 is 27.7 Å². The van der Waals surface area contributed by atoms with E-state index in [1.54, 1.807) is 0 Å². The second kappa shape index (κ2) is 14.5. The second-order valence-corrected chi connectivity index (χ2v) is 15.1. The molecule has 2 N–H and O–H groups in total. The molecule has 4 rings (SSSR count). The fraction of sp³-hybridized carbons (Fsp3) is 0.419. The molecule has 4 aromatic carbocycles. The monoisotopic (exact) mass is 650 g/mol. The number of phenolic OH excluding ortho intramolecular Hbond substituents is 2. The van der Waals surface area contributed by atoms with Gasteiger partial charge in [-0.2, -0.15) is 0 Å². The number of phenols is 2. The molecule has 0 fully saturated rings. The molecule has 0 aliphatic carbocycles. The van der Waals surface area contributed by atoms with Crippen LogP contribution in [0.4, 0.5) is 4.79 Å². The zero-order valence-corrected chi connectivity index (χ0v) is 30.8. The van der Waals surface area contributed by atoms with Crippen LogP contribution in [0.2, 0.25) is 0 Å². The number of allylic oxidation sites excluding steroid dienone is 4. The molecule has 0 unspecified atom stereocenters. The summed E-state index contributed by atoms with van der Waals surface area (Å²) in [7, 11) is 0. The molecule has 0 spiro atoms. The molecule has 0 heterocycles. The predicted octanol–water partition coefficient (Wildman–Crippen LogP) is 12.3. The number of carbonyl (C=O) groups is 1. The van der Waals surface area contributed by atoms with Gasteiger partial charge in [0.1, 0.15) is 23.0 Å². The van der Waals surface area contributed by atoms with Gasteiger partial charge in [-0.05, 0) is 63.9 Å². The lowest BCUT2D eigenvalue weighted by Gasteiger charge is -2.30. The maximum Gasteiger partial charge on any atom is 0.519 e. The van der Waals surface area contributed by atoms with Crippen molar-refractivity contribution in [2.75, 3.05) is 0 Å². The average molecular weight is 651 g/mol. The number of benzene rings is 4. The van der Waals surface area contributed by atoms with Crippen LogP contribution in [0.25, 0.3) is 21.5 Å². The number of hydrogen-bond donors (Lipinski definition) is 2. The molecule has 5 nitrogen and oxygen atoms in total. The van der Waals surface area contributed by atoms with Gasteiger partial charge in [-0.15, -0.1) is 0 Å². The maximum atomic E-state index is 14.0. The van der Waals surface area contributed by atoms with Crippen LogP contribution in [-0.2, 0) is 10.8 Å². The van der Waals surface area contributed by atoms with E-state index in [0.29, 0.717) is 62.1 Å². The minimum Gasteiger partial charge on any atom is -0.507 e. The lowest BCUT2D eigenvalue weighted by molar-refractivity contribution is 0.151. The molecule has 0 atom stereocenters. The Balaban J connectivity index is 1.86. The topological polar surface area (TPSA) is 76.0 Å². The summed E-state index contributed by atoms with van der Waals surface area (Å²) in [6.45, 7) is 22.9. The smallest absolute Gasteiger partial charge is 0.507 e. The molecule has 256 valence electrons. The van der Waals surface area contributed by atoms with Crippen molar-refractivity contribution in [3.05, 3.63) is 94.1 Å².